The van der Waals surface area contributed by atoms with Gasteiger partial charge in [-0.1, -0.05) is 0 Å². The number of esters is 1. The number of carbonyl (C=O) groups excluding carboxylic acids is 1. The number of rotatable bonds is 1. The van der Waals surface area contributed by atoms with Crippen LogP contribution in [0.4, 0.5) is 0 Å². The maximum atomic E-state index is 11.1. The molecule has 1 aliphatic heterocycles. The van der Waals surface area contributed by atoms with Crippen LogP contribution in [0.2, 0.25) is 0 Å². The summed E-state index contributed by atoms with van der Waals surface area (Å²) in [6, 6.07) is 0. The number of hydrogen-bond donors (Lipinski definition) is 1. The average Bonchev–Trinajstić information content (AvgIpc) is 2.08. The quantitative estimate of drug-likeness (QED) is 0.672. The molecule has 0 spiro atoms. The lowest BCUT2D eigenvalue weighted by Crippen LogP contribution is -2.45. The molecule has 0 aromatic rings. The number of piperidine rings is 1. The van der Waals surface area contributed by atoms with E-state index in [1.165, 1.54) is 7.11 Å². The Kier molecular flexibility index (Phi) is 5.51. The van der Waals surface area contributed by atoms with Gasteiger partial charge < -0.3 is 14.7 Å². The molecule has 0 bridgehead atoms. The van der Waals surface area contributed by atoms with Gasteiger partial charge in [0, 0.05) is 13.1 Å². The lowest BCUT2D eigenvalue weighted by Gasteiger charge is -2.31. The third kappa shape index (κ3) is 3.25. The maximum absolute atomic E-state index is 11.1. The van der Waals surface area contributed by atoms with Crippen molar-refractivity contribution in [1.82, 2.24) is 4.90 Å². The zero-order valence-corrected chi connectivity index (χ0v) is 9.61. The summed E-state index contributed by atoms with van der Waals surface area (Å²) >= 11 is 0. The number of methoxy groups -OCH3 is 1. The smallest absolute Gasteiger partial charge is 0.312 e. The minimum atomic E-state index is -0.534. The molecule has 1 aliphatic rings. The number of likely N-dealkylation sites (tertiary alicyclic amines) is 1. The largest absolute Gasteiger partial charge is 0.469 e. The molecule has 1 rings (SSSR count). The maximum Gasteiger partial charge on any atom is 0.312 e. The van der Waals surface area contributed by atoms with Crippen LogP contribution < -0.4 is 0 Å². The monoisotopic (exact) mass is 253 g/mol. The van der Waals surface area contributed by atoms with Gasteiger partial charge in [0.25, 0.3) is 0 Å². The number of aliphatic hydroxyl groups is 1. The summed E-state index contributed by atoms with van der Waals surface area (Å²) in [5, 5.41) is 9.46. The van der Waals surface area contributed by atoms with E-state index in [0.29, 0.717) is 13.0 Å². The standard InChI is InChI=1S/C8H15NO3.BrH/c1-9-4-3-7(10)6(5-9)8(11)12-2;/h6-7,10H,3-5H2,1-2H3;1H/t6-,7+;/m0./s1. The second-order valence-electron chi connectivity index (χ2n) is 3.25. The van der Waals surface area contributed by atoms with Gasteiger partial charge in [0.2, 0.25) is 0 Å². The molecule has 0 aliphatic carbocycles. The van der Waals surface area contributed by atoms with Crippen molar-refractivity contribution in [2.45, 2.75) is 12.5 Å². The normalized spacial score (nSPS) is 29.2. The van der Waals surface area contributed by atoms with E-state index < -0.39 is 6.10 Å². The van der Waals surface area contributed by atoms with Gasteiger partial charge in [0.1, 0.15) is 0 Å². The summed E-state index contributed by atoms with van der Waals surface area (Å²) in [5.74, 6) is -0.678. The fraction of sp³-hybridized carbons (Fsp3) is 0.875. The molecule has 0 saturated carbocycles. The molecular formula is C8H16BrNO3. The fourth-order valence-electron chi connectivity index (χ4n) is 1.49. The Hall–Kier alpha value is -0.130. The Balaban J connectivity index is 0.00000144. The van der Waals surface area contributed by atoms with Gasteiger partial charge in [0.15, 0.2) is 0 Å². The Morgan fingerprint density at radius 3 is 2.77 bits per heavy atom. The second kappa shape index (κ2) is 5.57. The lowest BCUT2D eigenvalue weighted by atomic mass is 9.95. The molecule has 5 heteroatoms. The van der Waals surface area contributed by atoms with Crippen LogP contribution in [-0.4, -0.2) is 49.3 Å². The predicted molar refractivity (Wildman–Crippen MR) is 53.9 cm³/mol. The Morgan fingerprint density at radius 1 is 1.62 bits per heavy atom. The summed E-state index contributed by atoms with van der Waals surface area (Å²) in [6.45, 7) is 1.43. The van der Waals surface area contributed by atoms with E-state index >= 15 is 0 Å². The predicted octanol–water partition coefficient (Wildman–Crippen LogP) is 0.0499. The van der Waals surface area contributed by atoms with Crippen LogP contribution in [0.25, 0.3) is 0 Å². The van der Waals surface area contributed by atoms with Gasteiger partial charge in [-0.3, -0.25) is 4.79 Å². The first kappa shape index (κ1) is 12.9. The van der Waals surface area contributed by atoms with E-state index in [1.54, 1.807) is 0 Å². The van der Waals surface area contributed by atoms with Crippen molar-refractivity contribution in [3.8, 4) is 0 Å². The zero-order chi connectivity index (χ0) is 9.14. The topological polar surface area (TPSA) is 49.8 Å². The molecule has 1 N–H and O–H groups in total. The van der Waals surface area contributed by atoms with Gasteiger partial charge in [-0.2, -0.15) is 0 Å². The minimum absolute atomic E-state index is 0. The first-order valence-electron chi connectivity index (χ1n) is 4.09. The summed E-state index contributed by atoms with van der Waals surface area (Å²) in [5.41, 5.74) is 0. The van der Waals surface area contributed by atoms with Crippen LogP contribution in [-0.2, 0) is 9.53 Å². The van der Waals surface area contributed by atoms with Crippen LogP contribution in [0.15, 0.2) is 0 Å². The summed E-state index contributed by atoms with van der Waals surface area (Å²) in [7, 11) is 3.28. The number of halogens is 1. The van der Waals surface area contributed by atoms with Gasteiger partial charge >= 0.3 is 5.97 Å². The van der Waals surface area contributed by atoms with Crippen LogP contribution in [0.5, 0.6) is 0 Å². The van der Waals surface area contributed by atoms with Gasteiger partial charge in [-0.05, 0) is 13.5 Å². The van der Waals surface area contributed by atoms with E-state index in [1.807, 2.05) is 11.9 Å². The molecule has 0 radical (unpaired) electrons. The first-order chi connectivity index (χ1) is 5.65. The van der Waals surface area contributed by atoms with E-state index in [2.05, 4.69) is 4.74 Å². The van der Waals surface area contributed by atoms with E-state index in [9.17, 15) is 9.90 Å². The molecule has 78 valence electrons. The van der Waals surface area contributed by atoms with Gasteiger partial charge in [-0.25, -0.2) is 0 Å². The van der Waals surface area contributed by atoms with Crippen molar-refractivity contribution in [1.29, 1.82) is 0 Å². The third-order valence-corrected chi connectivity index (χ3v) is 2.28. The third-order valence-electron chi connectivity index (χ3n) is 2.28. The van der Waals surface area contributed by atoms with E-state index in [-0.39, 0.29) is 28.9 Å². The molecule has 0 unspecified atom stereocenters. The Bertz CT molecular complexity index is 177. The lowest BCUT2D eigenvalue weighted by molar-refractivity contribution is -0.152. The second-order valence-corrected chi connectivity index (χ2v) is 3.25. The summed E-state index contributed by atoms with van der Waals surface area (Å²) in [6.07, 6.45) is 0.115. The molecule has 1 fully saturated rings. The van der Waals surface area contributed by atoms with Crippen LogP contribution in [0.3, 0.4) is 0 Å². The minimum Gasteiger partial charge on any atom is -0.469 e. The molecule has 4 nitrogen and oxygen atoms in total. The number of aliphatic hydroxyl groups excluding tert-OH is 1. The van der Waals surface area contributed by atoms with Crippen molar-refractivity contribution in [2.75, 3.05) is 27.2 Å². The van der Waals surface area contributed by atoms with Gasteiger partial charge in [0.05, 0.1) is 19.1 Å². The van der Waals surface area contributed by atoms with Crippen LogP contribution >= 0.6 is 17.0 Å². The Morgan fingerprint density at radius 2 is 2.23 bits per heavy atom. The molecule has 2 atom stereocenters. The molecule has 0 aromatic heterocycles. The van der Waals surface area contributed by atoms with Crippen molar-refractivity contribution < 1.29 is 14.6 Å². The highest BCUT2D eigenvalue weighted by atomic mass is 79.9. The van der Waals surface area contributed by atoms with Crippen molar-refractivity contribution in [3.05, 3.63) is 0 Å². The van der Waals surface area contributed by atoms with Crippen LogP contribution in [0.1, 0.15) is 6.42 Å². The van der Waals surface area contributed by atoms with Crippen molar-refractivity contribution in [3.63, 3.8) is 0 Å². The zero-order valence-electron chi connectivity index (χ0n) is 7.90. The summed E-state index contributed by atoms with van der Waals surface area (Å²) in [4.78, 5) is 13.1. The number of ether oxygens (including phenoxy) is 1. The van der Waals surface area contributed by atoms with Crippen molar-refractivity contribution in [2.24, 2.45) is 5.92 Å². The Labute approximate surface area is 88.6 Å². The van der Waals surface area contributed by atoms with E-state index in [0.717, 1.165) is 6.54 Å². The van der Waals surface area contributed by atoms with Crippen LogP contribution in [0, 0.1) is 5.92 Å². The van der Waals surface area contributed by atoms with E-state index in [4.69, 9.17) is 0 Å². The number of carbonyl (C=O) groups is 1. The highest BCUT2D eigenvalue weighted by Crippen LogP contribution is 2.16. The van der Waals surface area contributed by atoms with Gasteiger partial charge in [-0.15, -0.1) is 17.0 Å². The highest BCUT2D eigenvalue weighted by molar-refractivity contribution is 8.93. The molecule has 0 aromatic carbocycles. The molecule has 1 saturated heterocycles. The summed E-state index contributed by atoms with van der Waals surface area (Å²) < 4.78 is 4.58. The average molecular weight is 254 g/mol. The molecule has 13 heavy (non-hydrogen) atoms. The highest BCUT2D eigenvalue weighted by Gasteiger charge is 2.32. The fourth-order valence-corrected chi connectivity index (χ4v) is 1.49. The molecule has 1 heterocycles. The first-order valence-corrected chi connectivity index (χ1v) is 4.09. The molecule has 0 amide bonds. The SMILES string of the molecule is Br.COC(=O)[C@H]1CN(C)CC[C@H]1O. The number of nitrogens with zero attached hydrogens (tertiary/aromatic N) is 1. The number of hydrogen-bond acceptors (Lipinski definition) is 4. The van der Waals surface area contributed by atoms with Crippen molar-refractivity contribution >= 4 is 23.0 Å². The molecular weight excluding hydrogens is 238 g/mol.